The van der Waals surface area contributed by atoms with Gasteiger partial charge >= 0.3 is 0 Å². The number of fused-ring (bicyclic) bond motifs is 12. The van der Waals surface area contributed by atoms with Gasteiger partial charge in [0.2, 0.25) is 0 Å². The SMILES string of the molecule is C1=Cc2c(ccc3c2ccc2cc(-c4nc(-c5ccccc5)nc(-c5ccc(-c6cc7c8ccccc8oc7c7c6sc6ccccc67)cc5)n4)ccc23)CC1. The molecule has 0 bridgehead atoms. The third-order valence-corrected chi connectivity index (χ3v) is 12.6. The van der Waals surface area contributed by atoms with Gasteiger partial charge in [-0.2, -0.15) is 0 Å². The number of rotatable bonds is 4. The summed E-state index contributed by atoms with van der Waals surface area (Å²) in [6.07, 6.45) is 6.78. The topological polar surface area (TPSA) is 51.8 Å². The predicted molar refractivity (Wildman–Crippen MR) is 234 cm³/mol. The van der Waals surface area contributed by atoms with Crippen LogP contribution in [0, 0.1) is 0 Å². The highest BCUT2D eigenvalue weighted by Crippen LogP contribution is 2.47. The van der Waals surface area contributed by atoms with Crippen LogP contribution < -0.4 is 0 Å². The van der Waals surface area contributed by atoms with Crippen LogP contribution in [-0.4, -0.2) is 15.0 Å². The van der Waals surface area contributed by atoms with Crippen molar-refractivity contribution in [1.29, 1.82) is 0 Å². The molecule has 8 aromatic carbocycles. The van der Waals surface area contributed by atoms with E-state index in [4.69, 9.17) is 19.4 Å². The first-order valence-corrected chi connectivity index (χ1v) is 19.9. The van der Waals surface area contributed by atoms with E-state index in [9.17, 15) is 0 Å². The van der Waals surface area contributed by atoms with Gasteiger partial charge in [0.25, 0.3) is 0 Å². The molecule has 0 unspecified atom stereocenters. The number of furan rings is 1. The van der Waals surface area contributed by atoms with Crippen molar-refractivity contribution in [2.75, 3.05) is 0 Å². The first-order valence-electron chi connectivity index (χ1n) is 19.1. The highest BCUT2D eigenvalue weighted by molar-refractivity contribution is 7.26. The monoisotopic (exact) mass is 733 g/mol. The summed E-state index contributed by atoms with van der Waals surface area (Å²) in [5.74, 6) is 1.94. The lowest BCUT2D eigenvalue weighted by molar-refractivity contribution is 0.673. The van der Waals surface area contributed by atoms with E-state index < -0.39 is 0 Å². The van der Waals surface area contributed by atoms with Gasteiger partial charge < -0.3 is 4.42 Å². The Bertz CT molecular complexity index is 3410. The number of aryl methyl sites for hydroxylation is 1. The average molecular weight is 734 g/mol. The van der Waals surface area contributed by atoms with E-state index in [1.807, 2.05) is 35.6 Å². The molecule has 0 atom stereocenters. The second-order valence-electron chi connectivity index (χ2n) is 14.6. The number of benzene rings is 8. The number of para-hydroxylation sites is 1. The Morgan fingerprint density at radius 1 is 0.500 bits per heavy atom. The summed E-state index contributed by atoms with van der Waals surface area (Å²) >= 11 is 1.82. The smallest absolute Gasteiger partial charge is 0.164 e. The molecule has 3 aromatic heterocycles. The minimum Gasteiger partial charge on any atom is -0.455 e. The molecule has 0 spiro atoms. The maximum Gasteiger partial charge on any atom is 0.164 e. The van der Waals surface area contributed by atoms with E-state index in [1.54, 1.807) is 0 Å². The number of allylic oxidation sites excluding steroid dienone is 1. The molecule has 0 aliphatic heterocycles. The van der Waals surface area contributed by atoms with Gasteiger partial charge in [-0.1, -0.05) is 140 Å². The Labute approximate surface area is 326 Å². The molecule has 0 amide bonds. The normalized spacial score (nSPS) is 12.8. The van der Waals surface area contributed by atoms with Gasteiger partial charge in [-0.05, 0) is 75.3 Å². The lowest BCUT2D eigenvalue weighted by Gasteiger charge is -2.15. The second-order valence-corrected chi connectivity index (χ2v) is 15.7. The molecule has 0 saturated carbocycles. The average Bonchev–Trinajstić information content (AvgIpc) is 3.85. The molecule has 4 nitrogen and oxygen atoms in total. The lowest BCUT2D eigenvalue weighted by Crippen LogP contribution is -2.00. The van der Waals surface area contributed by atoms with E-state index >= 15 is 0 Å². The number of aromatic nitrogens is 3. The molecule has 3 heterocycles. The first kappa shape index (κ1) is 31.4. The molecule has 0 fully saturated rings. The summed E-state index contributed by atoms with van der Waals surface area (Å²) in [5, 5.41) is 9.63. The van der Waals surface area contributed by atoms with E-state index in [1.165, 1.54) is 53.0 Å². The van der Waals surface area contributed by atoms with Crippen LogP contribution in [0.25, 0.3) is 115 Å². The summed E-state index contributed by atoms with van der Waals surface area (Å²) in [5.41, 5.74) is 9.79. The summed E-state index contributed by atoms with van der Waals surface area (Å²) in [6.45, 7) is 0. The van der Waals surface area contributed by atoms with Crippen molar-refractivity contribution in [3.8, 4) is 45.3 Å². The van der Waals surface area contributed by atoms with Crippen LogP contribution >= 0.6 is 11.3 Å². The van der Waals surface area contributed by atoms with Gasteiger partial charge in [0.05, 0.1) is 0 Å². The second kappa shape index (κ2) is 12.3. The summed E-state index contributed by atoms with van der Waals surface area (Å²) in [4.78, 5) is 15.2. The van der Waals surface area contributed by atoms with E-state index in [0.717, 1.165) is 62.4 Å². The standard InChI is InChI=1S/C51H31N3OS/c1-2-11-32(12-3-1)49-52-50(54-51(53-49)35-24-25-37-34(28-35)23-27-38-36-13-5-4-10-30(36)22-26-39(37)38)33-20-18-31(19-21-33)42-29-43-40-14-6-8-16-44(40)55-47(43)46-41-15-7-9-17-45(41)56-48(42)46/h1-3,5-9,11-29H,4,10H2. The number of thiophene rings is 1. The minimum absolute atomic E-state index is 0.640. The zero-order valence-corrected chi connectivity index (χ0v) is 31.0. The summed E-state index contributed by atoms with van der Waals surface area (Å²) in [7, 11) is 0. The van der Waals surface area contributed by atoms with Crippen molar-refractivity contribution in [3.05, 3.63) is 169 Å². The Morgan fingerprint density at radius 2 is 1.18 bits per heavy atom. The number of hydrogen-bond acceptors (Lipinski definition) is 5. The lowest BCUT2D eigenvalue weighted by atomic mass is 9.90. The molecule has 0 N–H and O–H groups in total. The van der Waals surface area contributed by atoms with Gasteiger partial charge in [0.1, 0.15) is 11.2 Å². The molecule has 0 radical (unpaired) electrons. The van der Waals surface area contributed by atoms with Gasteiger partial charge in [-0.15, -0.1) is 11.3 Å². The van der Waals surface area contributed by atoms with Crippen molar-refractivity contribution < 1.29 is 4.42 Å². The number of nitrogens with zero attached hydrogens (tertiary/aromatic N) is 3. The van der Waals surface area contributed by atoms with E-state index in [2.05, 4.69) is 140 Å². The van der Waals surface area contributed by atoms with Crippen LogP contribution in [0.1, 0.15) is 17.5 Å². The fourth-order valence-corrected chi connectivity index (χ4v) is 9.88. The quantitative estimate of drug-likeness (QED) is 0.169. The Hall–Kier alpha value is -6.95. The third kappa shape index (κ3) is 4.88. The van der Waals surface area contributed by atoms with Gasteiger partial charge in [0, 0.05) is 53.2 Å². The zero-order valence-electron chi connectivity index (χ0n) is 30.2. The van der Waals surface area contributed by atoms with Gasteiger partial charge in [-0.25, -0.2) is 15.0 Å². The van der Waals surface area contributed by atoms with Crippen molar-refractivity contribution in [2.24, 2.45) is 0 Å². The van der Waals surface area contributed by atoms with Crippen LogP contribution in [0.15, 0.2) is 162 Å². The predicted octanol–water partition coefficient (Wildman–Crippen LogP) is 14.1. The highest BCUT2D eigenvalue weighted by Gasteiger charge is 2.20. The van der Waals surface area contributed by atoms with Gasteiger partial charge in [0.15, 0.2) is 17.5 Å². The van der Waals surface area contributed by atoms with Crippen molar-refractivity contribution in [2.45, 2.75) is 12.8 Å². The van der Waals surface area contributed by atoms with Crippen molar-refractivity contribution in [3.63, 3.8) is 0 Å². The molecule has 0 saturated heterocycles. The molecular weight excluding hydrogens is 703 g/mol. The summed E-state index contributed by atoms with van der Waals surface area (Å²) in [6, 6.07) is 53.8. The largest absolute Gasteiger partial charge is 0.455 e. The van der Waals surface area contributed by atoms with E-state index in [-0.39, 0.29) is 0 Å². The van der Waals surface area contributed by atoms with Crippen LogP contribution in [0.2, 0.25) is 0 Å². The maximum absolute atomic E-state index is 6.54. The van der Waals surface area contributed by atoms with Crippen LogP contribution in [0.5, 0.6) is 0 Å². The molecule has 262 valence electrons. The first-order chi connectivity index (χ1) is 27.7. The molecule has 12 rings (SSSR count). The van der Waals surface area contributed by atoms with Crippen molar-refractivity contribution >= 4 is 81.1 Å². The van der Waals surface area contributed by atoms with Crippen LogP contribution in [-0.2, 0) is 6.42 Å². The Balaban J connectivity index is 0.994. The zero-order chi connectivity index (χ0) is 36.7. The third-order valence-electron chi connectivity index (χ3n) is 11.4. The molecule has 56 heavy (non-hydrogen) atoms. The molecule has 5 heteroatoms. The fraction of sp³-hybridized carbons (Fsp3) is 0.0392. The Morgan fingerprint density at radius 3 is 2.04 bits per heavy atom. The molecule has 1 aliphatic rings. The van der Waals surface area contributed by atoms with Crippen LogP contribution in [0.3, 0.4) is 0 Å². The van der Waals surface area contributed by atoms with E-state index in [0.29, 0.717) is 17.5 Å². The Kier molecular flexibility index (Phi) is 6.89. The molecular formula is C51H31N3OS. The maximum atomic E-state index is 6.54. The minimum atomic E-state index is 0.640. The summed E-state index contributed by atoms with van der Waals surface area (Å²) < 4.78 is 9.01. The highest BCUT2D eigenvalue weighted by atomic mass is 32.1. The van der Waals surface area contributed by atoms with Crippen molar-refractivity contribution in [1.82, 2.24) is 15.0 Å². The fourth-order valence-electron chi connectivity index (χ4n) is 8.64. The molecule has 11 aromatic rings. The molecule has 1 aliphatic carbocycles. The number of hydrogen-bond donors (Lipinski definition) is 0. The van der Waals surface area contributed by atoms with Gasteiger partial charge in [-0.3, -0.25) is 0 Å². The van der Waals surface area contributed by atoms with Crippen LogP contribution in [0.4, 0.5) is 0 Å².